The molecule has 26 heavy (non-hydrogen) atoms. The number of carboxylic acids is 1. The summed E-state index contributed by atoms with van der Waals surface area (Å²) in [6.07, 6.45) is 0.323. The fourth-order valence-electron chi connectivity index (χ4n) is 3.20. The molecule has 1 unspecified atom stereocenters. The van der Waals surface area contributed by atoms with Crippen molar-refractivity contribution in [2.75, 3.05) is 18.0 Å². The zero-order chi connectivity index (χ0) is 18.4. The number of anilines is 1. The first-order valence-corrected chi connectivity index (χ1v) is 8.15. The van der Waals surface area contributed by atoms with E-state index in [2.05, 4.69) is 15.6 Å². The van der Waals surface area contributed by atoms with Gasteiger partial charge in [-0.15, -0.1) is 5.10 Å². The van der Waals surface area contributed by atoms with Crippen LogP contribution in [0.15, 0.2) is 23.0 Å². The molecule has 2 N–H and O–H groups in total. The number of carbonyl (C=O) groups is 3. The molecule has 2 aliphatic heterocycles. The molecule has 2 amide bonds. The Hall–Kier alpha value is -3.30. The average Bonchev–Trinajstić information content (AvgIpc) is 2.55. The summed E-state index contributed by atoms with van der Waals surface area (Å²) in [6, 6.07) is 4.15. The second kappa shape index (κ2) is 5.90. The van der Waals surface area contributed by atoms with Gasteiger partial charge in [0.1, 0.15) is 11.6 Å². The Bertz CT molecular complexity index is 994. The lowest BCUT2D eigenvalue weighted by Crippen LogP contribution is -2.50. The van der Waals surface area contributed by atoms with Crippen LogP contribution in [0.4, 0.5) is 5.69 Å². The third kappa shape index (κ3) is 2.59. The number of nitrogens with zero attached hydrogens (tertiary/aromatic N) is 4. The van der Waals surface area contributed by atoms with E-state index in [0.717, 1.165) is 10.4 Å². The molecule has 3 heterocycles. The minimum absolute atomic E-state index is 0.132. The van der Waals surface area contributed by atoms with Gasteiger partial charge in [-0.05, 0) is 24.6 Å². The highest BCUT2D eigenvalue weighted by molar-refractivity contribution is 5.99. The van der Waals surface area contributed by atoms with Crippen LogP contribution >= 0.6 is 0 Å². The molecule has 0 spiro atoms. The molecule has 134 valence electrons. The normalized spacial score (nSPS) is 20.8. The summed E-state index contributed by atoms with van der Waals surface area (Å²) >= 11 is 0. The van der Waals surface area contributed by atoms with Crippen molar-refractivity contribution in [2.45, 2.75) is 18.9 Å². The monoisotopic (exact) mass is 357 g/mol. The Morgan fingerprint density at radius 2 is 2.00 bits per heavy atom. The molecule has 2 saturated heterocycles. The fourth-order valence-corrected chi connectivity index (χ4v) is 3.20. The van der Waals surface area contributed by atoms with E-state index in [9.17, 15) is 19.2 Å². The fraction of sp³-hybridized carbons (Fsp3) is 0.375. The first-order valence-electron chi connectivity index (χ1n) is 8.15. The number of fused-ring (bicyclic) bond motifs is 1. The molecular formula is C16H15N5O5. The highest BCUT2D eigenvalue weighted by Crippen LogP contribution is 2.26. The van der Waals surface area contributed by atoms with E-state index in [-0.39, 0.29) is 18.7 Å². The number of aliphatic carboxylic acids is 1. The van der Waals surface area contributed by atoms with Crippen molar-refractivity contribution in [3.05, 3.63) is 28.6 Å². The van der Waals surface area contributed by atoms with Crippen LogP contribution in [0.2, 0.25) is 0 Å². The summed E-state index contributed by atoms with van der Waals surface area (Å²) in [5, 5.41) is 19.3. The molecule has 10 heteroatoms. The molecule has 1 atom stereocenters. The highest BCUT2D eigenvalue weighted by atomic mass is 16.4. The largest absolute Gasteiger partial charge is 0.481 e. The van der Waals surface area contributed by atoms with Crippen LogP contribution in [-0.4, -0.2) is 51.0 Å². The number of hydrogen-bond acceptors (Lipinski definition) is 7. The quantitative estimate of drug-likeness (QED) is 0.688. The van der Waals surface area contributed by atoms with Crippen LogP contribution < -0.4 is 15.8 Å². The van der Waals surface area contributed by atoms with Crippen LogP contribution in [0.25, 0.3) is 10.9 Å². The minimum atomic E-state index is -0.874. The van der Waals surface area contributed by atoms with Crippen molar-refractivity contribution < 1.29 is 19.5 Å². The van der Waals surface area contributed by atoms with Crippen molar-refractivity contribution >= 4 is 34.4 Å². The predicted octanol–water partition coefficient (Wildman–Crippen LogP) is -0.710. The molecule has 2 aliphatic rings. The molecule has 0 saturated carbocycles. The molecular weight excluding hydrogens is 342 g/mol. The van der Waals surface area contributed by atoms with Crippen molar-refractivity contribution in [3.8, 4) is 0 Å². The summed E-state index contributed by atoms with van der Waals surface area (Å²) in [6.45, 7) is 0.751. The number of hydrogen-bond donors (Lipinski definition) is 2. The molecule has 4 rings (SSSR count). The molecule has 0 bridgehead atoms. The number of benzene rings is 1. The van der Waals surface area contributed by atoms with E-state index in [1.807, 2.05) is 4.90 Å². The predicted molar refractivity (Wildman–Crippen MR) is 88.6 cm³/mol. The van der Waals surface area contributed by atoms with E-state index >= 15 is 0 Å². The Morgan fingerprint density at radius 1 is 1.23 bits per heavy atom. The lowest BCUT2D eigenvalue weighted by atomic mass is 9.99. The van der Waals surface area contributed by atoms with Gasteiger partial charge in [0.05, 0.1) is 11.3 Å². The maximum Gasteiger partial charge on any atom is 0.310 e. The Balaban J connectivity index is 1.68. The van der Waals surface area contributed by atoms with Gasteiger partial charge in [0.2, 0.25) is 5.91 Å². The Kier molecular flexibility index (Phi) is 3.67. The topological polar surface area (TPSA) is 134 Å². The second-order valence-corrected chi connectivity index (χ2v) is 6.45. The van der Waals surface area contributed by atoms with Gasteiger partial charge in [0.15, 0.2) is 0 Å². The zero-order valence-corrected chi connectivity index (χ0v) is 13.6. The van der Waals surface area contributed by atoms with E-state index in [1.165, 1.54) is 0 Å². The Morgan fingerprint density at radius 3 is 2.69 bits per heavy atom. The third-order valence-electron chi connectivity index (χ3n) is 4.77. The molecule has 1 aromatic heterocycles. The Labute approximate surface area is 146 Å². The minimum Gasteiger partial charge on any atom is -0.481 e. The van der Waals surface area contributed by atoms with Gasteiger partial charge >= 0.3 is 5.97 Å². The molecule has 0 radical (unpaired) electrons. The first-order chi connectivity index (χ1) is 12.4. The molecule has 0 aliphatic carbocycles. The maximum absolute atomic E-state index is 12.8. The average molecular weight is 357 g/mol. The molecule has 1 aromatic carbocycles. The number of nitrogens with one attached hydrogen (secondary N) is 1. The van der Waals surface area contributed by atoms with Crippen LogP contribution in [-0.2, 0) is 14.4 Å². The smallest absolute Gasteiger partial charge is 0.310 e. The van der Waals surface area contributed by atoms with Crippen molar-refractivity contribution in [3.63, 3.8) is 0 Å². The van der Waals surface area contributed by atoms with Crippen LogP contribution in [0, 0.1) is 5.92 Å². The number of imide groups is 1. The summed E-state index contributed by atoms with van der Waals surface area (Å²) in [7, 11) is 0. The summed E-state index contributed by atoms with van der Waals surface area (Å²) in [5.41, 5.74) is 0.634. The third-order valence-corrected chi connectivity index (χ3v) is 4.77. The number of carboxylic acid groups (broad SMARTS) is 1. The van der Waals surface area contributed by atoms with Crippen LogP contribution in [0.1, 0.15) is 18.9 Å². The maximum atomic E-state index is 12.8. The lowest BCUT2D eigenvalue weighted by molar-refractivity contribution is -0.142. The van der Waals surface area contributed by atoms with Gasteiger partial charge < -0.3 is 10.0 Å². The summed E-state index contributed by atoms with van der Waals surface area (Å²) < 4.78 is 1.00. The number of amides is 2. The highest BCUT2D eigenvalue weighted by Gasteiger charge is 2.33. The number of aromatic nitrogens is 3. The van der Waals surface area contributed by atoms with Crippen LogP contribution in [0.3, 0.4) is 0 Å². The van der Waals surface area contributed by atoms with E-state index in [0.29, 0.717) is 24.0 Å². The number of rotatable bonds is 3. The van der Waals surface area contributed by atoms with Gasteiger partial charge in [-0.1, -0.05) is 5.21 Å². The SMILES string of the molecule is O=C1CCC(n2nnc3ccc(N4CC(C(=O)O)C4)cc3c2=O)C(=O)N1. The van der Waals surface area contributed by atoms with Crippen LogP contribution in [0.5, 0.6) is 0 Å². The molecule has 2 aromatic rings. The number of piperidine rings is 1. The lowest BCUT2D eigenvalue weighted by Gasteiger charge is -2.38. The van der Waals surface area contributed by atoms with E-state index in [4.69, 9.17) is 5.11 Å². The van der Waals surface area contributed by atoms with Gasteiger partial charge in [0, 0.05) is 25.2 Å². The summed E-state index contributed by atoms with van der Waals surface area (Å²) in [5.74, 6) is -2.20. The van der Waals surface area contributed by atoms with Gasteiger partial charge in [-0.25, -0.2) is 0 Å². The van der Waals surface area contributed by atoms with Crippen molar-refractivity contribution in [1.29, 1.82) is 0 Å². The van der Waals surface area contributed by atoms with E-state index < -0.39 is 29.4 Å². The zero-order valence-electron chi connectivity index (χ0n) is 13.6. The van der Waals surface area contributed by atoms with Crippen molar-refractivity contribution in [1.82, 2.24) is 20.3 Å². The summed E-state index contributed by atoms with van der Waals surface area (Å²) in [4.78, 5) is 48.9. The number of carbonyl (C=O) groups excluding carboxylic acids is 2. The van der Waals surface area contributed by atoms with Gasteiger partial charge in [-0.2, -0.15) is 4.68 Å². The standard InChI is InChI=1S/C16H15N5O5/c22-13-4-3-12(14(23)17-13)21-15(24)10-5-9(1-2-11(10)18-19-21)20-6-8(7-20)16(25)26/h1-2,5,8,12H,3-4,6-7H2,(H,25,26)(H,17,22,23). The molecule has 2 fully saturated rings. The van der Waals surface area contributed by atoms with Gasteiger partial charge in [-0.3, -0.25) is 24.5 Å². The molecule has 10 nitrogen and oxygen atoms in total. The second-order valence-electron chi connectivity index (χ2n) is 6.45. The van der Waals surface area contributed by atoms with E-state index in [1.54, 1.807) is 18.2 Å². The van der Waals surface area contributed by atoms with Crippen molar-refractivity contribution in [2.24, 2.45) is 5.92 Å². The first kappa shape index (κ1) is 16.2. The van der Waals surface area contributed by atoms with Gasteiger partial charge in [0.25, 0.3) is 11.5 Å².